The number of carbonyl (C=O) groups is 1. The lowest BCUT2D eigenvalue weighted by Crippen LogP contribution is -2.47. The number of amides is 1. The molecule has 5 nitrogen and oxygen atoms in total. The van der Waals surface area contributed by atoms with Crippen molar-refractivity contribution in [3.05, 3.63) is 0 Å². The van der Waals surface area contributed by atoms with Gasteiger partial charge in [0.1, 0.15) is 6.10 Å². The fraction of sp³-hybridized carbons (Fsp3) is 0.917. The monoisotopic (exact) mass is 244 g/mol. The van der Waals surface area contributed by atoms with Gasteiger partial charge in [-0.3, -0.25) is 4.79 Å². The minimum atomic E-state index is -0.589. The van der Waals surface area contributed by atoms with Gasteiger partial charge < -0.3 is 20.9 Å². The molecule has 17 heavy (non-hydrogen) atoms. The van der Waals surface area contributed by atoms with Crippen LogP contribution in [0.5, 0.6) is 0 Å². The highest BCUT2D eigenvalue weighted by atomic mass is 16.5. The summed E-state index contributed by atoms with van der Waals surface area (Å²) in [6, 6.07) is 0. The predicted octanol–water partition coefficient (Wildman–Crippen LogP) is 0.0191. The van der Waals surface area contributed by atoms with Crippen molar-refractivity contribution < 1.29 is 14.6 Å². The molecule has 0 spiro atoms. The second-order valence-corrected chi connectivity index (χ2v) is 4.90. The molecule has 0 radical (unpaired) electrons. The summed E-state index contributed by atoms with van der Waals surface area (Å²) in [5.41, 5.74) is 5.29. The van der Waals surface area contributed by atoms with E-state index in [2.05, 4.69) is 5.32 Å². The fourth-order valence-corrected chi connectivity index (χ4v) is 2.39. The van der Waals surface area contributed by atoms with Gasteiger partial charge in [-0.25, -0.2) is 0 Å². The van der Waals surface area contributed by atoms with Crippen LogP contribution in [0, 0.1) is 5.41 Å². The molecular formula is C12H24N2O3. The van der Waals surface area contributed by atoms with E-state index in [9.17, 15) is 9.90 Å². The van der Waals surface area contributed by atoms with Crippen molar-refractivity contribution in [1.29, 1.82) is 0 Å². The molecule has 0 aromatic rings. The van der Waals surface area contributed by atoms with Crippen LogP contribution in [0.1, 0.15) is 32.1 Å². The molecule has 1 unspecified atom stereocenters. The Morgan fingerprint density at radius 2 is 2.12 bits per heavy atom. The maximum Gasteiger partial charge on any atom is 0.250 e. The summed E-state index contributed by atoms with van der Waals surface area (Å²) in [6.45, 7) is 0.824. The molecule has 1 fully saturated rings. The topological polar surface area (TPSA) is 84.6 Å². The number of nitrogens with two attached hydrogens (primary N) is 1. The fourth-order valence-electron chi connectivity index (χ4n) is 2.39. The molecule has 1 aliphatic carbocycles. The number of ether oxygens (including phenoxy) is 1. The molecule has 1 saturated carbocycles. The molecule has 0 aromatic carbocycles. The molecule has 0 heterocycles. The molecular weight excluding hydrogens is 220 g/mol. The van der Waals surface area contributed by atoms with E-state index in [0.29, 0.717) is 6.54 Å². The van der Waals surface area contributed by atoms with Gasteiger partial charge in [-0.15, -0.1) is 0 Å². The maximum absolute atomic E-state index is 11.7. The first-order valence-corrected chi connectivity index (χ1v) is 6.29. The Hall–Kier alpha value is -0.650. The molecule has 1 atom stereocenters. The smallest absolute Gasteiger partial charge is 0.250 e. The highest BCUT2D eigenvalue weighted by Gasteiger charge is 2.32. The van der Waals surface area contributed by atoms with Gasteiger partial charge >= 0.3 is 0 Å². The number of hydrogen-bond donors (Lipinski definition) is 3. The first-order valence-electron chi connectivity index (χ1n) is 6.29. The quantitative estimate of drug-likeness (QED) is 0.615. The van der Waals surface area contributed by atoms with Crippen LogP contribution in [0.25, 0.3) is 0 Å². The largest absolute Gasteiger partial charge is 0.396 e. The van der Waals surface area contributed by atoms with Gasteiger partial charge in [0.2, 0.25) is 5.91 Å². The maximum atomic E-state index is 11.7. The average Bonchev–Trinajstić information content (AvgIpc) is 2.39. The first-order chi connectivity index (χ1) is 8.17. The van der Waals surface area contributed by atoms with E-state index in [-0.39, 0.29) is 24.5 Å². The number of hydrogen-bond acceptors (Lipinski definition) is 4. The normalized spacial score (nSPS) is 20.9. The third kappa shape index (κ3) is 3.94. The predicted molar refractivity (Wildman–Crippen MR) is 65.5 cm³/mol. The molecule has 5 heteroatoms. The highest BCUT2D eigenvalue weighted by molar-refractivity contribution is 5.81. The second-order valence-electron chi connectivity index (χ2n) is 4.90. The molecule has 0 aromatic heterocycles. The molecule has 1 rings (SSSR count). The average molecular weight is 244 g/mol. The van der Waals surface area contributed by atoms with E-state index in [4.69, 9.17) is 10.5 Å². The summed E-state index contributed by atoms with van der Waals surface area (Å²) in [5, 5.41) is 12.3. The SMILES string of the molecule is COC(CN)C(=O)NCC1(CO)CCCCC1. The van der Waals surface area contributed by atoms with Gasteiger partial charge in [0.15, 0.2) is 0 Å². The zero-order valence-electron chi connectivity index (χ0n) is 10.6. The Morgan fingerprint density at radius 3 is 2.59 bits per heavy atom. The third-order valence-corrected chi connectivity index (χ3v) is 3.68. The lowest BCUT2D eigenvalue weighted by molar-refractivity contribution is -0.131. The molecule has 0 bridgehead atoms. The number of aliphatic hydroxyl groups excluding tert-OH is 1. The van der Waals surface area contributed by atoms with Crippen LogP contribution < -0.4 is 11.1 Å². The van der Waals surface area contributed by atoms with Crippen molar-refractivity contribution in [3.8, 4) is 0 Å². The van der Waals surface area contributed by atoms with Gasteiger partial charge in [0.05, 0.1) is 6.61 Å². The van der Waals surface area contributed by atoms with Crippen LogP contribution in [-0.4, -0.2) is 43.9 Å². The van der Waals surface area contributed by atoms with E-state index in [1.807, 2.05) is 0 Å². The molecule has 4 N–H and O–H groups in total. The van der Waals surface area contributed by atoms with Crippen molar-refractivity contribution in [2.24, 2.45) is 11.1 Å². The van der Waals surface area contributed by atoms with Crippen LogP contribution >= 0.6 is 0 Å². The Labute approximate surface area is 103 Å². The van der Waals surface area contributed by atoms with Gasteiger partial charge in [-0.2, -0.15) is 0 Å². The summed E-state index contributed by atoms with van der Waals surface area (Å²) in [6.07, 6.45) is 4.84. The Balaban J connectivity index is 2.44. The van der Waals surface area contributed by atoms with E-state index < -0.39 is 6.10 Å². The second kappa shape index (κ2) is 6.93. The number of aliphatic hydroxyl groups is 1. The summed E-state index contributed by atoms with van der Waals surface area (Å²) < 4.78 is 4.97. The Morgan fingerprint density at radius 1 is 1.47 bits per heavy atom. The lowest BCUT2D eigenvalue weighted by Gasteiger charge is -2.36. The van der Waals surface area contributed by atoms with Crippen LogP contribution in [0.4, 0.5) is 0 Å². The number of methoxy groups -OCH3 is 1. The van der Waals surface area contributed by atoms with E-state index >= 15 is 0 Å². The third-order valence-electron chi connectivity index (χ3n) is 3.68. The van der Waals surface area contributed by atoms with Crippen LogP contribution in [0.15, 0.2) is 0 Å². The minimum Gasteiger partial charge on any atom is -0.396 e. The number of rotatable bonds is 6. The van der Waals surface area contributed by atoms with Gasteiger partial charge in [-0.05, 0) is 12.8 Å². The molecule has 100 valence electrons. The molecule has 0 aliphatic heterocycles. The molecule has 1 aliphatic rings. The summed E-state index contributed by atoms with van der Waals surface area (Å²) in [5.74, 6) is -0.187. The van der Waals surface area contributed by atoms with Crippen LogP contribution in [-0.2, 0) is 9.53 Å². The van der Waals surface area contributed by atoms with Crippen LogP contribution in [0.3, 0.4) is 0 Å². The number of nitrogens with one attached hydrogen (secondary N) is 1. The van der Waals surface area contributed by atoms with Gasteiger partial charge in [0.25, 0.3) is 0 Å². The van der Waals surface area contributed by atoms with Crippen molar-refractivity contribution in [1.82, 2.24) is 5.32 Å². The van der Waals surface area contributed by atoms with Crippen LogP contribution in [0.2, 0.25) is 0 Å². The van der Waals surface area contributed by atoms with E-state index in [1.54, 1.807) is 0 Å². The van der Waals surface area contributed by atoms with Crippen molar-refractivity contribution >= 4 is 5.91 Å². The Bertz CT molecular complexity index is 236. The summed E-state index contributed by atoms with van der Waals surface area (Å²) in [7, 11) is 1.47. The summed E-state index contributed by atoms with van der Waals surface area (Å²) in [4.78, 5) is 11.7. The Kier molecular flexibility index (Phi) is 5.88. The first kappa shape index (κ1) is 14.4. The van der Waals surface area contributed by atoms with Crippen molar-refractivity contribution in [3.63, 3.8) is 0 Å². The molecule has 1 amide bonds. The molecule has 0 saturated heterocycles. The van der Waals surface area contributed by atoms with Gasteiger partial charge in [-0.1, -0.05) is 19.3 Å². The zero-order chi connectivity index (χ0) is 12.7. The lowest BCUT2D eigenvalue weighted by atomic mass is 9.74. The van der Waals surface area contributed by atoms with E-state index in [1.165, 1.54) is 13.5 Å². The number of carbonyl (C=O) groups excluding carboxylic acids is 1. The highest BCUT2D eigenvalue weighted by Crippen LogP contribution is 2.35. The zero-order valence-corrected chi connectivity index (χ0v) is 10.6. The van der Waals surface area contributed by atoms with Crippen molar-refractivity contribution in [2.75, 3.05) is 26.8 Å². The van der Waals surface area contributed by atoms with Crippen molar-refractivity contribution in [2.45, 2.75) is 38.2 Å². The van der Waals surface area contributed by atoms with E-state index in [0.717, 1.165) is 25.7 Å². The minimum absolute atomic E-state index is 0.132. The van der Waals surface area contributed by atoms with Gasteiger partial charge in [0, 0.05) is 25.6 Å². The standard InChI is InChI=1S/C12H24N2O3/c1-17-10(7-13)11(16)14-8-12(9-15)5-3-2-4-6-12/h10,15H,2-9,13H2,1H3,(H,14,16). The summed E-state index contributed by atoms with van der Waals surface area (Å²) >= 11 is 0.